The SMILES string of the molecule is CCCCC1=[C-]CC=C1.[C-]1=CC=CC1.[Ru+2]. The molecule has 0 unspecified atom stereocenters. The van der Waals surface area contributed by atoms with Crippen LogP contribution in [0, 0.1) is 12.2 Å². The monoisotopic (exact) mass is 288 g/mol. The molecular formula is C14H18Ru. The van der Waals surface area contributed by atoms with Gasteiger partial charge in [-0.15, -0.1) is 12.8 Å². The summed E-state index contributed by atoms with van der Waals surface area (Å²) in [4.78, 5) is 0. The summed E-state index contributed by atoms with van der Waals surface area (Å²) in [5.41, 5.74) is 1.41. The third-order valence-electron chi connectivity index (χ3n) is 2.15. The van der Waals surface area contributed by atoms with Crippen molar-refractivity contribution in [2.75, 3.05) is 0 Å². The van der Waals surface area contributed by atoms with E-state index in [4.69, 9.17) is 0 Å². The van der Waals surface area contributed by atoms with Gasteiger partial charge in [-0.1, -0.05) is 26.2 Å². The van der Waals surface area contributed by atoms with Crippen LogP contribution in [0.5, 0.6) is 0 Å². The third kappa shape index (κ3) is 7.51. The maximum Gasteiger partial charge on any atom is 2.00 e. The van der Waals surface area contributed by atoms with Gasteiger partial charge in [0, 0.05) is 0 Å². The van der Waals surface area contributed by atoms with Gasteiger partial charge >= 0.3 is 19.5 Å². The molecule has 0 aromatic carbocycles. The van der Waals surface area contributed by atoms with E-state index in [1.807, 2.05) is 12.2 Å². The van der Waals surface area contributed by atoms with Crippen LogP contribution < -0.4 is 0 Å². The summed E-state index contributed by atoms with van der Waals surface area (Å²) < 4.78 is 0. The summed E-state index contributed by atoms with van der Waals surface area (Å²) in [5, 5.41) is 0. The van der Waals surface area contributed by atoms with Crippen LogP contribution in [0.25, 0.3) is 0 Å². The predicted molar refractivity (Wildman–Crippen MR) is 61.6 cm³/mol. The van der Waals surface area contributed by atoms with Crippen molar-refractivity contribution < 1.29 is 19.5 Å². The second-order valence-electron chi connectivity index (χ2n) is 3.42. The summed E-state index contributed by atoms with van der Waals surface area (Å²) in [6.45, 7) is 2.22. The van der Waals surface area contributed by atoms with Gasteiger partial charge in [0.2, 0.25) is 0 Å². The van der Waals surface area contributed by atoms with Crippen LogP contribution in [0.2, 0.25) is 0 Å². The molecule has 2 rings (SSSR count). The van der Waals surface area contributed by atoms with Crippen LogP contribution >= 0.6 is 0 Å². The molecule has 0 aromatic rings. The van der Waals surface area contributed by atoms with Gasteiger partial charge in [-0.25, -0.2) is 23.8 Å². The summed E-state index contributed by atoms with van der Waals surface area (Å²) in [6, 6.07) is 0. The minimum absolute atomic E-state index is 0. The summed E-state index contributed by atoms with van der Waals surface area (Å²) in [7, 11) is 0. The van der Waals surface area contributed by atoms with Gasteiger partial charge in [0.05, 0.1) is 0 Å². The second-order valence-corrected chi connectivity index (χ2v) is 3.42. The first-order chi connectivity index (χ1) is 6.93. The molecule has 82 valence electrons. The van der Waals surface area contributed by atoms with Gasteiger partial charge in [-0.2, -0.15) is 12.2 Å². The molecule has 0 radical (unpaired) electrons. The predicted octanol–water partition coefficient (Wildman–Crippen LogP) is 4.17. The smallest absolute Gasteiger partial charge is 0.273 e. The van der Waals surface area contributed by atoms with Crippen molar-refractivity contribution in [2.24, 2.45) is 0 Å². The Labute approximate surface area is 107 Å². The fourth-order valence-electron chi connectivity index (χ4n) is 1.33. The van der Waals surface area contributed by atoms with E-state index in [0.717, 1.165) is 12.8 Å². The third-order valence-corrected chi connectivity index (χ3v) is 2.15. The molecule has 1 heteroatoms. The van der Waals surface area contributed by atoms with Crippen molar-refractivity contribution in [1.82, 2.24) is 0 Å². The first-order valence-electron chi connectivity index (χ1n) is 5.41. The van der Waals surface area contributed by atoms with Crippen molar-refractivity contribution in [3.8, 4) is 0 Å². The summed E-state index contributed by atoms with van der Waals surface area (Å²) >= 11 is 0. The van der Waals surface area contributed by atoms with Gasteiger partial charge in [0.15, 0.2) is 0 Å². The Kier molecular flexibility index (Phi) is 9.83. The van der Waals surface area contributed by atoms with Crippen LogP contribution in [-0.4, -0.2) is 0 Å². The zero-order chi connectivity index (χ0) is 10.1. The van der Waals surface area contributed by atoms with Crippen LogP contribution in [0.15, 0.2) is 36.0 Å². The van der Waals surface area contributed by atoms with E-state index in [2.05, 4.69) is 37.3 Å². The van der Waals surface area contributed by atoms with E-state index in [1.165, 1.54) is 24.8 Å². The maximum absolute atomic E-state index is 3.30. The largest absolute Gasteiger partial charge is 2.00 e. The van der Waals surface area contributed by atoms with Crippen molar-refractivity contribution >= 4 is 0 Å². The summed E-state index contributed by atoms with van der Waals surface area (Å²) in [6.07, 6.45) is 22.5. The normalized spacial score (nSPS) is 15.7. The Morgan fingerprint density at radius 2 is 2.13 bits per heavy atom. The molecule has 0 nitrogen and oxygen atoms in total. The van der Waals surface area contributed by atoms with Crippen molar-refractivity contribution in [3.63, 3.8) is 0 Å². The number of hydrogen-bond donors (Lipinski definition) is 0. The number of hydrogen-bond acceptors (Lipinski definition) is 0. The summed E-state index contributed by atoms with van der Waals surface area (Å²) in [5.74, 6) is 0. The molecule has 0 saturated heterocycles. The molecule has 0 fully saturated rings. The van der Waals surface area contributed by atoms with E-state index in [-0.39, 0.29) is 19.5 Å². The Bertz CT molecular complexity index is 247. The Hall–Kier alpha value is -0.417. The van der Waals surface area contributed by atoms with Gasteiger partial charge in [0.25, 0.3) is 0 Å². The van der Waals surface area contributed by atoms with Gasteiger partial charge in [-0.3, -0.25) is 12.2 Å². The quantitative estimate of drug-likeness (QED) is 0.540. The molecular weight excluding hydrogens is 269 g/mol. The minimum atomic E-state index is 0. The van der Waals surface area contributed by atoms with E-state index in [1.54, 1.807) is 0 Å². The van der Waals surface area contributed by atoms with Gasteiger partial charge in [-0.05, 0) is 0 Å². The fraction of sp³-hybridized carbons (Fsp3) is 0.429. The van der Waals surface area contributed by atoms with Crippen molar-refractivity contribution in [3.05, 3.63) is 48.1 Å². The molecule has 0 N–H and O–H groups in total. The number of unbranched alkanes of at least 4 members (excludes halogenated alkanes) is 1. The molecule has 0 aliphatic heterocycles. The Morgan fingerprint density at radius 1 is 1.27 bits per heavy atom. The number of rotatable bonds is 3. The molecule has 0 spiro atoms. The van der Waals surface area contributed by atoms with E-state index in [0.29, 0.717) is 0 Å². The first-order valence-corrected chi connectivity index (χ1v) is 5.41. The van der Waals surface area contributed by atoms with Crippen LogP contribution in [0.3, 0.4) is 0 Å². The van der Waals surface area contributed by atoms with Gasteiger partial charge in [0.1, 0.15) is 0 Å². The second kappa shape index (κ2) is 10.1. The van der Waals surface area contributed by atoms with E-state index >= 15 is 0 Å². The molecule has 0 amide bonds. The Balaban J connectivity index is 0.000000280. The molecule has 15 heavy (non-hydrogen) atoms. The molecule has 0 aromatic heterocycles. The van der Waals surface area contributed by atoms with Crippen LogP contribution in [0.1, 0.15) is 39.0 Å². The molecule has 0 heterocycles. The fourth-order valence-corrected chi connectivity index (χ4v) is 1.33. The molecule has 0 atom stereocenters. The van der Waals surface area contributed by atoms with Crippen molar-refractivity contribution in [2.45, 2.75) is 39.0 Å². The molecule has 2 aliphatic carbocycles. The minimum Gasteiger partial charge on any atom is -0.273 e. The number of allylic oxidation sites excluding steroid dienone is 8. The standard InChI is InChI=1S/C9H13.C5H5.Ru/c1-2-3-6-9-7-4-5-8-9;1-2-4-5-3-1;/h4,7H,2-3,5-6H2,1H3;1-3H,4H2;/q2*-1;+2. The Morgan fingerprint density at radius 3 is 2.53 bits per heavy atom. The van der Waals surface area contributed by atoms with Crippen LogP contribution in [-0.2, 0) is 19.5 Å². The van der Waals surface area contributed by atoms with E-state index < -0.39 is 0 Å². The maximum atomic E-state index is 3.30. The zero-order valence-electron chi connectivity index (χ0n) is 9.28. The van der Waals surface area contributed by atoms with Crippen LogP contribution in [0.4, 0.5) is 0 Å². The average molecular weight is 287 g/mol. The molecule has 0 bridgehead atoms. The first kappa shape index (κ1) is 14.6. The topological polar surface area (TPSA) is 0 Å². The van der Waals surface area contributed by atoms with E-state index in [9.17, 15) is 0 Å². The molecule has 0 saturated carbocycles. The van der Waals surface area contributed by atoms with Gasteiger partial charge < -0.3 is 0 Å². The van der Waals surface area contributed by atoms with Crippen molar-refractivity contribution in [1.29, 1.82) is 0 Å². The molecule has 2 aliphatic rings. The average Bonchev–Trinajstić information content (AvgIpc) is 2.90. The zero-order valence-corrected chi connectivity index (χ0v) is 11.0.